The van der Waals surface area contributed by atoms with Crippen LogP contribution in [-0.2, 0) is 4.74 Å². The number of aliphatic hydroxyl groups excluding tert-OH is 1. The van der Waals surface area contributed by atoms with Crippen LogP contribution >= 0.6 is 0 Å². The van der Waals surface area contributed by atoms with Gasteiger partial charge < -0.3 is 9.84 Å². The Balaban J connectivity index is 2.19. The van der Waals surface area contributed by atoms with Crippen LogP contribution in [0.5, 0.6) is 0 Å². The van der Waals surface area contributed by atoms with E-state index in [2.05, 4.69) is 6.92 Å². The zero-order valence-electron chi connectivity index (χ0n) is 11.4. The Labute approximate surface area is 110 Å². The van der Waals surface area contributed by atoms with E-state index in [0.29, 0.717) is 6.61 Å². The summed E-state index contributed by atoms with van der Waals surface area (Å²) in [5, 5.41) is 10.7. The number of rotatable bonds is 4. The molecule has 1 atom stereocenters. The van der Waals surface area contributed by atoms with Crippen molar-refractivity contribution < 1.29 is 9.84 Å². The summed E-state index contributed by atoms with van der Waals surface area (Å²) in [6.07, 6.45) is 3.69. The van der Waals surface area contributed by atoms with Crippen molar-refractivity contribution in [1.82, 2.24) is 0 Å². The van der Waals surface area contributed by atoms with E-state index in [0.717, 1.165) is 37.2 Å². The van der Waals surface area contributed by atoms with Gasteiger partial charge in [-0.15, -0.1) is 0 Å². The van der Waals surface area contributed by atoms with Crippen LogP contribution in [0.3, 0.4) is 0 Å². The average Bonchev–Trinajstić information content (AvgIpc) is 2.42. The maximum Gasteiger partial charge on any atom is 0.108 e. The van der Waals surface area contributed by atoms with Gasteiger partial charge in [0.25, 0.3) is 0 Å². The summed E-state index contributed by atoms with van der Waals surface area (Å²) < 4.78 is 5.98. The summed E-state index contributed by atoms with van der Waals surface area (Å²) in [6, 6.07) is 9.91. The lowest BCUT2D eigenvalue weighted by Crippen LogP contribution is -2.42. The van der Waals surface area contributed by atoms with Gasteiger partial charge in [-0.05, 0) is 44.1 Å². The van der Waals surface area contributed by atoms with E-state index in [9.17, 15) is 5.11 Å². The second-order valence-corrected chi connectivity index (χ2v) is 5.49. The molecule has 1 unspecified atom stereocenters. The van der Waals surface area contributed by atoms with Gasteiger partial charge in [-0.3, -0.25) is 0 Å². The molecule has 2 nitrogen and oxygen atoms in total. The van der Waals surface area contributed by atoms with Gasteiger partial charge in [0.1, 0.15) is 6.10 Å². The lowest BCUT2D eigenvalue weighted by Gasteiger charge is -2.42. The van der Waals surface area contributed by atoms with Crippen molar-refractivity contribution in [2.45, 2.75) is 51.2 Å². The van der Waals surface area contributed by atoms with Crippen molar-refractivity contribution in [2.24, 2.45) is 5.92 Å². The van der Waals surface area contributed by atoms with Crippen LogP contribution in [0.4, 0.5) is 0 Å². The molecule has 100 valence electrons. The molecule has 0 spiro atoms. The zero-order valence-corrected chi connectivity index (χ0v) is 11.4. The number of benzene rings is 1. The lowest BCUT2D eigenvalue weighted by atomic mass is 9.74. The summed E-state index contributed by atoms with van der Waals surface area (Å²) in [5.74, 6) is 0.751. The Hall–Kier alpha value is -0.860. The Morgan fingerprint density at radius 2 is 1.89 bits per heavy atom. The molecule has 2 rings (SSSR count). The first-order chi connectivity index (χ1) is 8.68. The monoisotopic (exact) mass is 248 g/mol. The molecule has 0 radical (unpaired) electrons. The van der Waals surface area contributed by atoms with Gasteiger partial charge in [-0.2, -0.15) is 0 Å². The van der Waals surface area contributed by atoms with Crippen LogP contribution in [-0.4, -0.2) is 17.3 Å². The summed E-state index contributed by atoms with van der Waals surface area (Å²) in [4.78, 5) is 0. The molecule has 0 aromatic heterocycles. The Kier molecular flexibility index (Phi) is 4.41. The third kappa shape index (κ3) is 2.76. The third-order valence-electron chi connectivity index (χ3n) is 4.17. The summed E-state index contributed by atoms with van der Waals surface area (Å²) in [6.45, 7) is 4.96. The van der Waals surface area contributed by atoms with Gasteiger partial charge in [0.05, 0.1) is 5.60 Å². The van der Waals surface area contributed by atoms with E-state index in [1.165, 1.54) is 0 Å². The largest absolute Gasteiger partial charge is 0.385 e. The minimum Gasteiger partial charge on any atom is -0.385 e. The molecular formula is C16H24O2. The highest BCUT2D eigenvalue weighted by molar-refractivity contribution is 5.21. The van der Waals surface area contributed by atoms with Gasteiger partial charge in [-0.25, -0.2) is 0 Å². The number of hydrogen-bond donors (Lipinski definition) is 1. The molecule has 2 heteroatoms. The molecule has 18 heavy (non-hydrogen) atoms. The van der Waals surface area contributed by atoms with Gasteiger partial charge in [0.15, 0.2) is 0 Å². The summed E-state index contributed by atoms with van der Waals surface area (Å²) >= 11 is 0. The first-order valence-corrected chi connectivity index (χ1v) is 7.05. The molecule has 0 heterocycles. The summed E-state index contributed by atoms with van der Waals surface area (Å²) in [5.41, 5.74) is 0.600. The maximum atomic E-state index is 10.7. The van der Waals surface area contributed by atoms with Crippen LogP contribution in [0.15, 0.2) is 30.3 Å². The van der Waals surface area contributed by atoms with E-state index in [-0.39, 0.29) is 5.60 Å². The molecular weight excluding hydrogens is 224 g/mol. The van der Waals surface area contributed by atoms with E-state index < -0.39 is 6.10 Å². The Bertz CT molecular complexity index is 353. The van der Waals surface area contributed by atoms with Crippen molar-refractivity contribution in [3.05, 3.63) is 35.9 Å². The topological polar surface area (TPSA) is 29.5 Å². The normalized spacial score (nSPS) is 30.1. The van der Waals surface area contributed by atoms with Crippen LogP contribution in [0.25, 0.3) is 0 Å². The van der Waals surface area contributed by atoms with Crippen LogP contribution in [0, 0.1) is 5.92 Å². The molecule has 1 aliphatic rings. The predicted molar refractivity (Wildman–Crippen MR) is 73.4 cm³/mol. The van der Waals surface area contributed by atoms with Crippen LogP contribution in [0.1, 0.15) is 51.2 Å². The van der Waals surface area contributed by atoms with Crippen LogP contribution in [0.2, 0.25) is 0 Å². The molecule has 0 aliphatic heterocycles. The quantitative estimate of drug-likeness (QED) is 0.880. The predicted octanol–water partition coefficient (Wildman–Crippen LogP) is 3.71. The van der Waals surface area contributed by atoms with E-state index >= 15 is 0 Å². The second-order valence-electron chi connectivity index (χ2n) is 5.49. The highest BCUT2D eigenvalue weighted by Gasteiger charge is 2.41. The fraction of sp³-hybridized carbons (Fsp3) is 0.625. The van der Waals surface area contributed by atoms with Gasteiger partial charge in [-0.1, -0.05) is 37.3 Å². The van der Waals surface area contributed by atoms with Gasteiger partial charge >= 0.3 is 0 Å². The first kappa shape index (κ1) is 13.6. The molecule has 0 bridgehead atoms. The zero-order chi connectivity index (χ0) is 13.0. The minimum atomic E-state index is -0.508. The van der Waals surface area contributed by atoms with Gasteiger partial charge in [0.2, 0.25) is 0 Å². The molecule has 0 saturated heterocycles. The highest BCUT2D eigenvalue weighted by Crippen LogP contribution is 2.43. The van der Waals surface area contributed by atoms with Crippen molar-refractivity contribution in [2.75, 3.05) is 6.61 Å². The SMILES string of the molecule is CCOC1(C(O)c2ccccc2)CCC(C)CC1. The van der Waals surface area contributed by atoms with Crippen molar-refractivity contribution in [3.63, 3.8) is 0 Å². The fourth-order valence-corrected chi connectivity index (χ4v) is 2.97. The molecule has 1 aromatic rings. The molecule has 1 aromatic carbocycles. The number of aliphatic hydroxyl groups is 1. The average molecular weight is 248 g/mol. The maximum absolute atomic E-state index is 10.7. The van der Waals surface area contributed by atoms with Gasteiger partial charge in [0, 0.05) is 6.61 Å². The molecule has 1 fully saturated rings. The second kappa shape index (κ2) is 5.85. The van der Waals surface area contributed by atoms with Crippen LogP contribution < -0.4 is 0 Å². The fourth-order valence-electron chi connectivity index (χ4n) is 2.97. The van der Waals surface area contributed by atoms with E-state index in [4.69, 9.17) is 4.74 Å². The molecule has 0 amide bonds. The van der Waals surface area contributed by atoms with Crippen molar-refractivity contribution in [3.8, 4) is 0 Å². The number of ether oxygens (including phenoxy) is 1. The Morgan fingerprint density at radius 1 is 1.28 bits per heavy atom. The third-order valence-corrected chi connectivity index (χ3v) is 4.17. The van der Waals surface area contributed by atoms with Crippen molar-refractivity contribution >= 4 is 0 Å². The smallest absolute Gasteiger partial charge is 0.108 e. The molecule has 1 aliphatic carbocycles. The Morgan fingerprint density at radius 3 is 2.44 bits per heavy atom. The first-order valence-electron chi connectivity index (χ1n) is 7.05. The standard InChI is InChI=1S/C16H24O2/c1-3-18-16(11-9-13(2)10-12-16)15(17)14-7-5-4-6-8-14/h4-8,13,15,17H,3,9-12H2,1-2H3. The van der Waals surface area contributed by atoms with E-state index in [1.807, 2.05) is 37.3 Å². The number of hydrogen-bond acceptors (Lipinski definition) is 2. The van der Waals surface area contributed by atoms with Crippen molar-refractivity contribution in [1.29, 1.82) is 0 Å². The molecule has 1 saturated carbocycles. The lowest BCUT2D eigenvalue weighted by molar-refractivity contribution is -0.146. The van der Waals surface area contributed by atoms with E-state index in [1.54, 1.807) is 0 Å². The minimum absolute atomic E-state index is 0.372. The summed E-state index contributed by atoms with van der Waals surface area (Å²) in [7, 11) is 0. The highest BCUT2D eigenvalue weighted by atomic mass is 16.5. The molecule has 1 N–H and O–H groups in total.